The molecule has 6 heteroatoms. The number of hydrogen-bond acceptors (Lipinski definition) is 4. The van der Waals surface area contributed by atoms with E-state index in [9.17, 15) is 14.9 Å². The lowest BCUT2D eigenvalue weighted by Crippen LogP contribution is -2.29. The number of benzene rings is 1. The topological polar surface area (TPSA) is 75.5 Å². The van der Waals surface area contributed by atoms with Gasteiger partial charge in [-0.1, -0.05) is 13.8 Å². The van der Waals surface area contributed by atoms with Gasteiger partial charge in [0.15, 0.2) is 0 Å². The van der Waals surface area contributed by atoms with Crippen molar-refractivity contribution in [2.45, 2.75) is 20.3 Å². The van der Waals surface area contributed by atoms with Crippen LogP contribution in [0.4, 0.5) is 11.4 Å². The van der Waals surface area contributed by atoms with Gasteiger partial charge < -0.3 is 10.2 Å². The molecule has 1 amide bonds. The molecule has 0 radical (unpaired) electrons. The number of nitrogens with zero attached hydrogens (tertiary/aromatic N) is 2. The highest BCUT2D eigenvalue weighted by Gasteiger charge is 2.23. The Morgan fingerprint density at radius 1 is 1.45 bits per heavy atom. The second-order valence-corrected chi connectivity index (χ2v) is 5.15. The zero-order valence-corrected chi connectivity index (χ0v) is 12.3. The molecule has 110 valence electrons. The second-order valence-electron chi connectivity index (χ2n) is 5.15. The van der Waals surface area contributed by atoms with Crippen LogP contribution in [0.5, 0.6) is 0 Å². The summed E-state index contributed by atoms with van der Waals surface area (Å²) in [5.41, 5.74) is 0.634. The lowest BCUT2D eigenvalue weighted by atomic mass is 10.1. The first-order chi connectivity index (χ1) is 9.36. The summed E-state index contributed by atoms with van der Waals surface area (Å²) in [6.07, 6.45) is 0.863. The molecule has 1 aromatic carbocycles. The molecule has 0 fully saturated rings. The average molecular weight is 279 g/mol. The summed E-state index contributed by atoms with van der Waals surface area (Å²) in [4.78, 5) is 24.4. The molecule has 0 saturated heterocycles. The Bertz CT molecular complexity index is 500. The molecule has 20 heavy (non-hydrogen) atoms. The van der Waals surface area contributed by atoms with Crippen LogP contribution in [0.25, 0.3) is 0 Å². The first-order valence-corrected chi connectivity index (χ1v) is 6.58. The number of anilines is 1. The van der Waals surface area contributed by atoms with Crippen LogP contribution in [-0.2, 0) is 0 Å². The highest BCUT2D eigenvalue weighted by Crippen LogP contribution is 2.24. The van der Waals surface area contributed by atoms with Crippen LogP contribution in [0, 0.1) is 16.0 Å². The van der Waals surface area contributed by atoms with Crippen LogP contribution in [-0.4, -0.2) is 36.4 Å². The van der Waals surface area contributed by atoms with Gasteiger partial charge in [0.2, 0.25) is 0 Å². The van der Waals surface area contributed by atoms with Crippen molar-refractivity contribution in [3.63, 3.8) is 0 Å². The third kappa shape index (κ3) is 3.94. The number of amides is 1. The highest BCUT2D eigenvalue weighted by molar-refractivity contribution is 5.99. The van der Waals surface area contributed by atoms with Crippen LogP contribution >= 0.6 is 0 Å². The zero-order chi connectivity index (χ0) is 15.3. The third-order valence-electron chi connectivity index (χ3n) is 3.10. The monoisotopic (exact) mass is 279 g/mol. The molecule has 0 unspecified atom stereocenters. The average Bonchev–Trinajstić information content (AvgIpc) is 2.42. The minimum absolute atomic E-state index is 0.119. The van der Waals surface area contributed by atoms with Crippen LogP contribution < -0.4 is 5.32 Å². The predicted octanol–water partition coefficient (Wildman–Crippen LogP) is 2.75. The van der Waals surface area contributed by atoms with Crippen molar-refractivity contribution in [3.05, 3.63) is 33.9 Å². The number of rotatable bonds is 6. The maximum atomic E-state index is 12.3. The van der Waals surface area contributed by atoms with Crippen LogP contribution in [0.15, 0.2) is 18.2 Å². The van der Waals surface area contributed by atoms with Gasteiger partial charge in [0, 0.05) is 32.4 Å². The van der Waals surface area contributed by atoms with Crippen molar-refractivity contribution in [3.8, 4) is 0 Å². The molecule has 0 aliphatic heterocycles. The van der Waals surface area contributed by atoms with Gasteiger partial charge in [-0.25, -0.2) is 0 Å². The number of nitro groups is 1. The van der Waals surface area contributed by atoms with E-state index in [0.29, 0.717) is 18.2 Å². The summed E-state index contributed by atoms with van der Waals surface area (Å²) in [7, 11) is 3.37. The molecule has 1 aromatic rings. The molecule has 1 N–H and O–H groups in total. The molecular formula is C14H21N3O3. The van der Waals surface area contributed by atoms with Crippen molar-refractivity contribution in [1.29, 1.82) is 0 Å². The number of hydrogen-bond donors (Lipinski definition) is 1. The molecule has 0 aliphatic rings. The van der Waals surface area contributed by atoms with Gasteiger partial charge in [-0.05, 0) is 24.5 Å². The van der Waals surface area contributed by atoms with Gasteiger partial charge in [-0.3, -0.25) is 14.9 Å². The fourth-order valence-electron chi connectivity index (χ4n) is 1.78. The van der Waals surface area contributed by atoms with Gasteiger partial charge in [0.25, 0.3) is 11.6 Å². The second kappa shape index (κ2) is 6.88. The SMILES string of the molecule is CNc1ccc([N+](=O)[O-])c(C(=O)N(C)CCC(C)C)c1. The summed E-state index contributed by atoms with van der Waals surface area (Å²) in [5, 5.41) is 13.9. The smallest absolute Gasteiger partial charge is 0.282 e. The summed E-state index contributed by atoms with van der Waals surface area (Å²) in [6.45, 7) is 4.72. The number of nitro benzene ring substituents is 1. The lowest BCUT2D eigenvalue weighted by Gasteiger charge is -2.18. The van der Waals surface area contributed by atoms with Gasteiger partial charge in [-0.15, -0.1) is 0 Å². The number of nitrogens with one attached hydrogen (secondary N) is 1. The fourth-order valence-corrected chi connectivity index (χ4v) is 1.78. The van der Waals surface area contributed by atoms with E-state index in [-0.39, 0.29) is 17.2 Å². The Morgan fingerprint density at radius 3 is 2.60 bits per heavy atom. The summed E-state index contributed by atoms with van der Waals surface area (Å²) in [5.74, 6) is 0.151. The summed E-state index contributed by atoms with van der Waals surface area (Å²) >= 11 is 0. The lowest BCUT2D eigenvalue weighted by molar-refractivity contribution is -0.385. The van der Waals surface area contributed by atoms with Gasteiger partial charge >= 0.3 is 0 Å². The molecule has 6 nitrogen and oxygen atoms in total. The van der Waals surface area contributed by atoms with Crippen molar-refractivity contribution in [2.75, 3.05) is 26.0 Å². The Morgan fingerprint density at radius 2 is 2.10 bits per heavy atom. The molecule has 0 bridgehead atoms. The number of carbonyl (C=O) groups excluding carboxylic acids is 1. The van der Waals surface area contributed by atoms with E-state index < -0.39 is 4.92 Å². The first kappa shape index (κ1) is 15.9. The Labute approximate surface area is 118 Å². The Hall–Kier alpha value is -2.11. The van der Waals surface area contributed by atoms with E-state index in [4.69, 9.17) is 0 Å². The molecular weight excluding hydrogens is 258 g/mol. The van der Waals surface area contributed by atoms with Crippen molar-refractivity contribution in [2.24, 2.45) is 5.92 Å². The molecule has 0 atom stereocenters. The normalized spacial score (nSPS) is 10.4. The van der Waals surface area contributed by atoms with Crippen LogP contribution in [0.1, 0.15) is 30.6 Å². The van der Waals surface area contributed by atoms with Crippen LogP contribution in [0.3, 0.4) is 0 Å². The van der Waals surface area contributed by atoms with E-state index >= 15 is 0 Å². The third-order valence-corrected chi connectivity index (χ3v) is 3.10. The zero-order valence-electron chi connectivity index (χ0n) is 12.3. The molecule has 1 rings (SSSR count). The van der Waals surface area contributed by atoms with Gasteiger partial charge in [0.05, 0.1) is 4.92 Å². The summed E-state index contributed by atoms with van der Waals surface area (Å²) < 4.78 is 0. The van der Waals surface area contributed by atoms with Crippen molar-refractivity contribution in [1.82, 2.24) is 4.90 Å². The van der Waals surface area contributed by atoms with E-state index in [2.05, 4.69) is 19.2 Å². The summed E-state index contributed by atoms with van der Waals surface area (Å²) in [6, 6.07) is 4.46. The van der Waals surface area contributed by atoms with Crippen LogP contribution in [0.2, 0.25) is 0 Å². The quantitative estimate of drug-likeness (QED) is 0.641. The molecule has 0 spiro atoms. The van der Waals surface area contributed by atoms with E-state index in [0.717, 1.165) is 6.42 Å². The fraction of sp³-hybridized carbons (Fsp3) is 0.500. The van der Waals surface area contributed by atoms with Gasteiger partial charge in [0.1, 0.15) is 5.56 Å². The van der Waals surface area contributed by atoms with Crippen molar-refractivity contribution < 1.29 is 9.72 Å². The largest absolute Gasteiger partial charge is 0.388 e. The maximum absolute atomic E-state index is 12.3. The van der Waals surface area contributed by atoms with E-state index in [1.165, 1.54) is 17.0 Å². The highest BCUT2D eigenvalue weighted by atomic mass is 16.6. The Kier molecular flexibility index (Phi) is 5.49. The molecule has 0 aromatic heterocycles. The molecule has 0 saturated carbocycles. The van der Waals surface area contributed by atoms with E-state index in [1.807, 2.05) is 0 Å². The molecule has 0 aliphatic carbocycles. The van der Waals surface area contributed by atoms with Gasteiger partial charge in [-0.2, -0.15) is 0 Å². The van der Waals surface area contributed by atoms with E-state index in [1.54, 1.807) is 20.2 Å². The minimum atomic E-state index is -0.525. The van der Waals surface area contributed by atoms with Crippen molar-refractivity contribution >= 4 is 17.3 Å². The first-order valence-electron chi connectivity index (χ1n) is 6.58. The minimum Gasteiger partial charge on any atom is -0.388 e. The maximum Gasteiger partial charge on any atom is 0.282 e. The number of carbonyl (C=O) groups is 1. The predicted molar refractivity (Wildman–Crippen MR) is 79.1 cm³/mol. The Balaban J connectivity index is 3.03. The standard InChI is InChI=1S/C14H21N3O3/c1-10(2)7-8-16(4)14(18)12-9-11(15-3)5-6-13(12)17(19)20/h5-6,9-10,15H,7-8H2,1-4H3. The molecule has 0 heterocycles.